The van der Waals surface area contributed by atoms with Crippen molar-refractivity contribution in [3.63, 3.8) is 0 Å². The van der Waals surface area contributed by atoms with Crippen LogP contribution >= 0.6 is 0 Å². The van der Waals surface area contributed by atoms with Crippen molar-refractivity contribution in [1.82, 2.24) is 0 Å². The zero-order chi connectivity index (χ0) is 6.69. The fourth-order valence-electron chi connectivity index (χ4n) is 0.555. The molecule has 2 atom stereocenters. The van der Waals surface area contributed by atoms with E-state index in [2.05, 4.69) is 0 Å². The van der Waals surface area contributed by atoms with Gasteiger partial charge in [-0.15, -0.1) is 0 Å². The first-order valence-corrected chi connectivity index (χ1v) is 2.61. The Labute approximate surface area is 52.3 Å². The van der Waals surface area contributed by atoms with Crippen LogP contribution in [-0.2, 0) is 14.3 Å². The molecule has 9 heavy (non-hydrogen) atoms. The van der Waals surface area contributed by atoms with E-state index in [9.17, 15) is 9.59 Å². The van der Waals surface area contributed by atoms with Crippen LogP contribution in [0.15, 0.2) is 12.2 Å². The number of epoxide rings is 1. The Balaban J connectivity index is 2.26. The number of hydrogen-bond donors (Lipinski definition) is 0. The molecule has 3 nitrogen and oxygen atoms in total. The molecule has 0 amide bonds. The third-order valence-electron chi connectivity index (χ3n) is 1.07. The summed E-state index contributed by atoms with van der Waals surface area (Å²) >= 11 is 0. The second-order valence-corrected chi connectivity index (χ2v) is 1.72. The van der Waals surface area contributed by atoms with Crippen LogP contribution in [0.1, 0.15) is 0 Å². The minimum Gasteiger partial charge on any atom is -0.357 e. The maximum atomic E-state index is 9.89. The second kappa shape index (κ2) is 2.55. The summed E-state index contributed by atoms with van der Waals surface area (Å²) in [5.74, 6) is 0. The van der Waals surface area contributed by atoms with Gasteiger partial charge in [-0.25, -0.2) is 0 Å². The van der Waals surface area contributed by atoms with Gasteiger partial charge >= 0.3 is 0 Å². The highest BCUT2D eigenvalue weighted by atomic mass is 16.6. The monoisotopic (exact) mass is 126 g/mol. The lowest BCUT2D eigenvalue weighted by molar-refractivity contribution is -0.109. The molecule has 0 N–H and O–H groups in total. The Morgan fingerprint density at radius 1 is 1.22 bits per heavy atom. The van der Waals surface area contributed by atoms with Gasteiger partial charge in [0.1, 0.15) is 18.5 Å². The summed E-state index contributed by atoms with van der Waals surface area (Å²) in [7, 11) is 0. The minimum atomic E-state index is -0.304. The summed E-state index contributed by atoms with van der Waals surface area (Å²) in [6.07, 6.45) is 3.82. The van der Waals surface area contributed by atoms with Gasteiger partial charge in [0.15, 0.2) is 6.29 Å². The van der Waals surface area contributed by atoms with Crippen LogP contribution in [0.2, 0.25) is 0 Å². The van der Waals surface area contributed by atoms with Crippen molar-refractivity contribution in [1.29, 1.82) is 0 Å². The van der Waals surface area contributed by atoms with Gasteiger partial charge in [-0.1, -0.05) is 0 Å². The number of allylic oxidation sites excluding steroid dienone is 1. The van der Waals surface area contributed by atoms with E-state index in [1.165, 1.54) is 6.08 Å². The Hall–Kier alpha value is -0.960. The lowest BCUT2D eigenvalue weighted by Gasteiger charge is -1.68. The van der Waals surface area contributed by atoms with E-state index in [0.717, 1.165) is 6.29 Å². The molecule has 48 valence electrons. The lowest BCUT2D eigenvalue weighted by Crippen LogP contribution is -1.89. The predicted molar refractivity (Wildman–Crippen MR) is 29.9 cm³/mol. The molecule has 0 aromatic carbocycles. The van der Waals surface area contributed by atoms with Crippen LogP contribution in [0.5, 0.6) is 0 Å². The highest BCUT2D eigenvalue weighted by Crippen LogP contribution is 2.20. The predicted octanol–water partition coefficient (Wildman–Crippen LogP) is -0.292. The summed E-state index contributed by atoms with van der Waals surface area (Å²) in [5, 5.41) is 0. The van der Waals surface area contributed by atoms with E-state index in [1.807, 2.05) is 0 Å². The average molecular weight is 126 g/mol. The fraction of sp³-hybridized carbons (Fsp3) is 0.333. The van der Waals surface area contributed by atoms with Crippen molar-refractivity contribution < 1.29 is 14.3 Å². The SMILES string of the molecule is O=C/C=C/[C@@H]1O[C@@H]1C=O. The Kier molecular flexibility index (Phi) is 1.75. The molecule has 1 aliphatic heterocycles. The van der Waals surface area contributed by atoms with Gasteiger partial charge in [-0.05, 0) is 12.2 Å². The molecule has 1 heterocycles. The van der Waals surface area contributed by atoms with E-state index in [-0.39, 0.29) is 12.2 Å². The molecular formula is C6H6O3. The van der Waals surface area contributed by atoms with Crippen molar-refractivity contribution in [2.45, 2.75) is 12.2 Å². The molecule has 0 aromatic rings. The maximum Gasteiger partial charge on any atom is 0.151 e. The molecule has 0 aromatic heterocycles. The number of carbonyl (C=O) groups excluding carboxylic acids is 2. The zero-order valence-corrected chi connectivity index (χ0v) is 4.69. The number of aldehydes is 2. The van der Waals surface area contributed by atoms with Crippen LogP contribution < -0.4 is 0 Å². The van der Waals surface area contributed by atoms with Gasteiger partial charge < -0.3 is 9.53 Å². The number of rotatable bonds is 3. The highest BCUT2D eigenvalue weighted by Gasteiger charge is 2.35. The largest absolute Gasteiger partial charge is 0.357 e. The van der Waals surface area contributed by atoms with Crippen LogP contribution in [0.25, 0.3) is 0 Å². The van der Waals surface area contributed by atoms with E-state index in [0.29, 0.717) is 6.29 Å². The smallest absolute Gasteiger partial charge is 0.151 e. The molecule has 0 unspecified atom stereocenters. The fourth-order valence-corrected chi connectivity index (χ4v) is 0.555. The maximum absolute atomic E-state index is 9.89. The number of carbonyl (C=O) groups is 2. The molecule has 1 fully saturated rings. The van der Waals surface area contributed by atoms with E-state index in [4.69, 9.17) is 4.74 Å². The van der Waals surface area contributed by atoms with Crippen molar-refractivity contribution in [3.05, 3.63) is 12.2 Å². The molecule has 1 saturated heterocycles. The third kappa shape index (κ3) is 1.47. The Morgan fingerprint density at radius 2 is 2.00 bits per heavy atom. The van der Waals surface area contributed by atoms with Gasteiger partial charge in [-0.3, -0.25) is 4.79 Å². The first kappa shape index (κ1) is 6.16. The summed E-state index contributed by atoms with van der Waals surface area (Å²) in [4.78, 5) is 19.6. The van der Waals surface area contributed by atoms with Crippen LogP contribution in [0, 0.1) is 0 Å². The molecule has 1 aliphatic rings. The zero-order valence-electron chi connectivity index (χ0n) is 4.69. The number of hydrogen-bond acceptors (Lipinski definition) is 3. The quantitative estimate of drug-likeness (QED) is 0.296. The molecule has 0 spiro atoms. The minimum absolute atomic E-state index is 0.146. The first-order chi connectivity index (χ1) is 4.38. The van der Waals surface area contributed by atoms with Crippen molar-refractivity contribution in [2.24, 2.45) is 0 Å². The van der Waals surface area contributed by atoms with Crippen LogP contribution in [-0.4, -0.2) is 24.8 Å². The molecule has 1 rings (SSSR count). The molecule has 0 aliphatic carbocycles. The second-order valence-electron chi connectivity index (χ2n) is 1.72. The van der Waals surface area contributed by atoms with Crippen molar-refractivity contribution in [2.75, 3.05) is 0 Å². The summed E-state index contributed by atoms with van der Waals surface area (Å²) in [6, 6.07) is 0. The first-order valence-electron chi connectivity index (χ1n) is 2.61. The van der Waals surface area contributed by atoms with Gasteiger partial charge in [0.05, 0.1) is 0 Å². The summed E-state index contributed by atoms with van der Waals surface area (Å²) in [6.45, 7) is 0. The van der Waals surface area contributed by atoms with Gasteiger partial charge in [-0.2, -0.15) is 0 Å². The molecular weight excluding hydrogens is 120 g/mol. The normalized spacial score (nSPS) is 32.4. The van der Waals surface area contributed by atoms with Crippen LogP contribution in [0.3, 0.4) is 0 Å². The molecule has 0 radical (unpaired) electrons. The molecule has 3 heteroatoms. The van der Waals surface area contributed by atoms with Gasteiger partial charge in [0.2, 0.25) is 0 Å². The van der Waals surface area contributed by atoms with Gasteiger partial charge in [0, 0.05) is 0 Å². The molecule has 0 saturated carbocycles. The van der Waals surface area contributed by atoms with E-state index in [1.54, 1.807) is 6.08 Å². The van der Waals surface area contributed by atoms with E-state index >= 15 is 0 Å². The van der Waals surface area contributed by atoms with E-state index < -0.39 is 0 Å². The molecule has 0 bridgehead atoms. The third-order valence-corrected chi connectivity index (χ3v) is 1.07. The van der Waals surface area contributed by atoms with Crippen molar-refractivity contribution >= 4 is 12.6 Å². The topological polar surface area (TPSA) is 46.7 Å². The highest BCUT2D eigenvalue weighted by molar-refractivity contribution is 5.67. The Morgan fingerprint density at radius 3 is 2.44 bits per heavy atom. The number of ether oxygens (including phenoxy) is 1. The Bertz CT molecular complexity index is 150. The summed E-state index contributed by atoms with van der Waals surface area (Å²) < 4.78 is 4.75. The lowest BCUT2D eigenvalue weighted by atomic mass is 10.3. The summed E-state index contributed by atoms with van der Waals surface area (Å²) in [5.41, 5.74) is 0. The average Bonchev–Trinajstić information content (AvgIpc) is 2.62. The van der Waals surface area contributed by atoms with Crippen molar-refractivity contribution in [3.8, 4) is 0 Å². The standard InChI is InChI=1S/C6H6O3/c7-3-1-2-5-6(4-8)9-5/h1-6H/b2-1+/t5-,6+/m0/s1. The van der Waals surface area contributed by atoms with Crippen LogP contribution in [0.4, 0.5) is 0 Å². The van der Waals surface area contributed by atoms with Gasteiger partial charge in [0.25, 0.3) is 0 Å².